The molecule has 1 aromatic heterocycles. The zero-order valence-electron chi connectivity index (χ0n) is 43.3. The average molecular weight is 1070 g/mol. The number of methoxy groups -OCH3 is 1. The van der Waals surface area contributed by atoms with E-state index in [4.69, 9.17) is 40.3 Å². The van der Waals surface area contributed by atoms with E-state index in [-0.39, 0.29) is 24.3 Å². The number of piperidine rings is 2. The van der Waals surface area contributed by atoms with E-state index < -0.39 is 36.8 Å². The SMILES string of the molecule is COc1cc(N2CCC(N3CCN(C(=O)CCOCCOCCOCCOCCCc4cccc5c4C(=O)N(C4CCC(=O)NC4=O)C5=O)CC3)CC2)ccc1Cc1ncc(Cl)c(Cc2ccccc2P(C)(C)=O)n1. The maximum Gasteiger partial charge on any atom is 0.262 e. The van der Waals surface area contributed by atoms with Crippen LogP contribution in [0.15, 0.2) is 66.9 Å². The van der Waals surface area contributed by atoms with Gasteiger partial charge in [0.05, 0.1) is 81.6 Å². The van der Waals surface area contributed by atoms with Gasteiger partial charge in [-0.1, -0.05) is 54.1 Å². The summed E-state index contributed by atoms with van der Waals surface area (Å²) in [7, 11) is -0.796. The van der Waals surface area contributed by atoms with Crippen molar-refractivity contribution in [2.45, 2.75) is 69.9 Å². The van der Waals surface area contributed by atoms with Gasteiger partial charge in [0.15, 0.2) is 0 Å². The first kappa shape index (κ1) is 55.6. The molecule has 3 saturated heterocycles. The van der Waals surface area contributed by atoms with Crippen LogP contribution in [0.3, 0.4) is 0 Å². The van der Waals surface area contributed by atoms with Gasteiger partial charge in [-0.25, -0.2) is 9.97 Å². The highest BCUT2D eigenvalue weighted by atomic mass is 35.5. The first-order valence-corrected chi connectivity index (χ1v) is 29.0. The van der Waals surface area contributed by atoms with E-state index in [1.807, 2.05) is 29.2 Å². The minimum atomic E-state index is -2.48. The smallest absolute Gasteiger partial charge is 0.262 e. The van der Waals surface area contributed by atoms with Gasteiger partial charge in [0.1, 0.15) is 24.8 Å². The number of nitrogens with one attached hydrogen (secondary N) is 1. The third-order valence-corrected chi connectivity index (χ3v) is 16.2. The molecule has 1 atom stereocenters. The Labute approximate surface area is 444 Å². The minimum absolute atomic E-state index is 0.0728. The number of imide groups is 2. The van der Waals surface area contributed by atoms with E-state index in [1.54, 1.807) is 44.8 Å². The monoisotopic (exact) mass is 1070 g/mol. The number of benzene rings is 3. The lowest BCUT2D eigenvalue weighted by molar-refractivity contribution is -0.136. The van der Waals surface area contributed by atoms with Crippen LogP contribution in [0.4, 0.5) is 5.69 Å². The molecule has 5 heterocycles. The van der Waals surface area contributed by atoms with Crippen LogP contribution in [0.25, 0.3) is 0 Å². The Bertz CT molecular complexity index is 2720. The fourth-order valence-electron chi connectivity index (χ4n) is 10.3. The number of rotatable bonds is 25. The number of halogens is 1. The van der Waals surface area contributed by atoms with Crippen molar-refractivity contribution >= 4 is 59.3 Å². The van der Waals surface area contributed by atoms with Crippen molar-refractivity contribution in [3.8, 4) is 5.75 Å². The highest BCUT2D eigenvalue weighted by Crippen LogP contribution is 2.37. The molecular weight excluding hydrogens is 1000 g/mol. The summed E-state index contributed by atoms with van der Waals surface area (Å²) < 4.78 is 41.5. The van der Waals surface area contributed by atoms with Crippen molar-refractivity contribution in [3.05, 3.63) is 111 Å². The van der Waals surface area contributed by atoms with E-state index in [1.165, 1.54) is 0 Å². The van der Waals surface area contributed by atoms with Crippen LogP contribution in [0.5, 0.6) is 5.75 Å². The summed E-state index contributed by atoms with van der Waals surface area (Å²) in [6.45, 7) is 11.7. The summed E-state index contributed by atoms with van der Waals surface area (Å²) in [6, 6.07) is 18.7. The third-order valence-electron chi connectivity index (χ3n) is 14.3. The Morgan fingerprint density at radius 1 is 0.760 bits per heavy atom. The number of hydrogen-bond donors (Lipinski definition) is 1. The zero-order chi connectivity index (χ0) is 52.9. The second kappa shape index (κ2) is 26.5. The Balaban J connectivity index is 0.643. The molecule has 0 aliphatic carbocycles. The maximum absolute atomic E-state index is 13.3. The van der Waals surface area contributed by atoms with Gasteiger partial charge in [0.2, 0.25) is 17.7 Å². The topological polar surface area (TPSA) is 199 Å². The van der Waals surface area contributed by atoms with E-state index >= 15 is 0 Å². The Morgan fingerprint density at radius 2 is 1.44 bits per heavy atom. The van der Waals surface area contributed by atoms with Crippen LogP contribution < -0.4 is 20.3 Å². The van der Waals surface area contributed by atoms with E-state index in [0.29, 0.717) is 126 Å². The van der Waals surface area contributed by atoms with Crippen molar-refractivity contribution in [2.24, 2.45) is 0 Å². The number of ether oxygens (including phenoxy) is 5. The zero-order valence-corrected chi connectivity index (χ0v) is 44.9. The molecule has 8 rings (SSSR count). The van der Waals surface area contributed by atoms with Gasteiger partial charge in [-0.3, -0.25) is 39.1 Å². The van der Waals surface area contributed by atoms with Gasteiger partial charge >= 0.3 is 0 Å². The lowest BCUT2D eigenvalue weighted by atomic mass is 9.99. The van der Waals surface area contributed by atoms with Gasteiger partial charge in [-0.05, 0) is 68.7 Å². The molecule has 4 aromatic rings. The van der Waals surface area contributed by atoms with Crippen LogP contribution in [0, 0.1) is 0 Å². The van der Waals surface area contributed by atoms with Crippen LogP contribution in [-0.4, -0.2) is 179 Å². The predicted octanol–water partition coefficient (Wildman–Crippen LogP) is 5.17. The normalized spacial score (nSPS) is 17.7. The van der Waals surface area contributed by atoms with Crippen molar-refractivity contribution in [2.75, 3.05) is 117 Å². The summed E-state index contributed by atoms with van der Waals surface area (Å²) in [5.74, 6) is -0.524. The molecule has 3 fully saturated rings. The first-order valence-electron chi connectivity index (χ1n) is 26.0. The van der Waals surface area contributed by atoms with Crippen molar-refractivity contribution in [1.82, 2.24) is 30.0 Å². The lowest BCUT2D eigenvalue weighted by Crippen LogP contribution is -2.54. The van der Waals surface area contributed by atoms with Crippen molar-refractivity contribution < 1.29 is 52.2 Å². The standard InChI is InChI=1S/C55H69ClN7O11P/c1-70-47-36-42(14-13-39(47)35-49-57-37-44(56)45(58-49)34-40-8-4-5-12-48(40)75(2,3)69)60-20-17-41(18-21-60)61-22-24-62(25-23-61)51(65)19-27-72-29-31-74-33-32-73-30-28-71-26-7-10-38-9-6-11-43-52(38)55(68)63(54(43)67)46-15-16-50(64)59-53(46)66/h4-6,8-9,11-14,36-37,41,46H,7,10,15-35H2,1-3H3,(H,59,64,66). The van der Waals surface area contributed by atoms with Gasteiger partial charge in [-0.2, -0.15) is 0 Å². The summed E-state index contributed by atoms with van der Waals surface area (Å²) in [6.07, 6.45) is 6.33. The van der Waals surface area contributed by atoms with Crippen LogP contribution >= 0.6 is 18.7 Å². The lowest BCUT2D eigenvalue weighted by Gasteiger charge is -2.43. The highest BCUT2D eigenvalue weighted by molar-refractivity contribution is 7.70. The van der Waals surface area contributed by atoms with Crippen LogP contribution in [0.1, 0.15) is 87.4 Å². The number of aromatic nitrogens is 2. The Kier molecular flexibility index (Phi) is 19.6. The van der Waals surface area contributed by atoms with Gasteiger partial charge in [0.25, 0.3) is 11.8 Å². The first-order chi connectivity index (χ1) is 36.3. The molecule has 402 valence electrons. The van der Waals surface area contributed by atoms with Crippen LogP contribution in [0.2, 0.25) is 5.02 Å². The van der Waals surface area contributed by atoms with Gasteiger partial charge in [-0.15, -0.1) is 0 Å². The summed E-state index contributed by atoms with van der Waals surface area (Å²) in [4.78, 5) is 80.6. The maximum atomic E-state index is 13.3. The van der Waals surface area contributed by atoms with Crippen molar-refractivity contribution in [3.63, 3.8) is 0 Å². The number of hydrogen-bond acceptors (Lipinski definition) is 15. The number of carbonyl (C=O) groups is 5. The second-order valence-electron chi connectivity index (χ2n) is 19.6. The molecule has 18 nitrogen and oxygen atoms in total. The molecule has 20 heteroatoms. The molecule has 5 amide bonds. The number of carbonyl (C=O) groups excluding carboxylic acids is 5. The Morgan fingerprint density at radius 3 is 2.13 bits per heavy atom. The molecular formula is C55H69ClN7O11P. The molecule has 4 aliphatic rings. The largest absolute Gasteiger partial charge is 0.496 e. The summed E-state index contributed by atoms with van der Waals surface area (Å²) in [5.41, 5.74) is 5.06. The summed E-state index contributed by atoms with van der Waals surface area (Å²) in [5, 5.41) is 3.54. The number of anilines is 1. The number of aryl methyl sites for hydroxylation is 1. The number of piperazine rings is 1. The Hall–Kier alpha value is -5.59. The molecule has 0 saturated carbocycles. The molecule has 1 N–H and O–H groups in total. The average Bonchev–Trinajstić information content (AvgIpc) is 3.66. The highest BCUT2D eigenvalue weighted by Gasteiger charge is 2.45. The number of nitrogens with zero attached hydrogens (tertiary/aromatic N) is 6. The van der Waals surface area contributed by atoms with E-state index in [2.05, 4.69) is 38.3 Å². The minimum Gasteiger partial charge on any atom is -0.496 e. The molecule has 75 heavy (non-hydrogen) atoms. The van der Waals surface area contributed by atoms with E-state index in [0.717, 1.165) is 77.4 Å². The second-order valence-corrected chi connectivity index (χ2v) is 23.2. The fraction of sp³-hybridized carbons (Fsp3) is 0.509. The predicted molar refractivity (Wildman–Crippen MR) is 284 cm³/mol. The molecule has 3 aromatic carbocycles. The summed E-state index contributed by atoms with van der Waals surface area (Å²) >= 11 is 6.57. The quantitative estimate of drug-likeness (QED) is 0.0518. The fourth-order valence-corrected chi connectivity index (χ4v) is 11.8. The third kappa shape index (κ3) is 14.5. The van der Waals surface area contributed by atoms with Crippen molar-refractivity contribution in [1.29, 1.82) is 0 Å². The van der Waals surface area contributed by atoms with Gasteiger partial charge < -0.3 is 38.0 Å². The molecule has 1 unspecified atom stereocenters. The van der Waals surface area contributed by atoms with E-state index in [9.17, 15) is 28.5 Å². The van der Waals surface area contributed by atoms with Crippen LogP contribution in [-0.2, 0) is 57.2 Å². The number of amides is 5. The molecule has 4 aliphatic heterocycles. The number of fused-ring (bicyclic) bond motifs is 1. The molecule has 0 radical (unpaired) electrons. The molecule has 0 spiro atoms. The molecule has 0 bridgehead atoms. The van der Waals surface area contributed by atoms with Gasteiger partial charge in [0, 0.05) is 100.0 Å².